The Balaban J connectivity index is 1.64. The fourth-order valence-corrected chi connectivity index (χ4v) is 3.30. The van der Waals surface area contributed by atoms with E-state index in [0.29, 0.717) is 25.6 Å². The fraction of sp³-hybridized carbons (Fsp3) is 0.409. The van der Waals surface area contributed by atoms with Crippen LogP contribution in [0.5, 0.6) is 0 Å². The number of amides is 1. The molecule has 2 aromatic rings. The molecule has 0 saturated carbocycles. The molecule has 0 aliphatic carbocycles. The highest BCUT2D eigenvalue weighted by molar-refractivity contribution is 5.78. The lowest BCUT2D eigenvalue weighted by Gasteiger charge is -2.28. The van der Waals surface area contributed by atoms with Gasteiger partial charge in [0.25, 0.3) is 0 Å². The van der Waals surface area contributed by atoms with Gasteiger partial charge in [-0.3, -0.25) is 9.63 Å². The van der Waals surface area contributed by atoms with E-state index in [4.69, 9.17) is 9.57 Å². The van der Waals surface area contributed by atoms with Crippen LogP contribution in [-0.4, -0.2) is 23.1 Å². The number of hydrogen-bond acceptors (Lipinski definition) is 3. The minimum atomic E-state index is -0.138. The molecule has 1 amide bonds. The van der Waals surface area contributed by atoms with E-state index in [-0.39, 0.29) is 18.1 Å². The highest BCUT2D eigenvalue weighted by Gasteiger charge is 2.41. The Morgan fingerprint density at radius 2 is 1.54 bits per heavy atom. The smallest absolute Gasteiger partial charge is 0.249 e. The molecule has 0 N–H and O–H groups in total. The second-order valence-electron chi connectivity index (χ2n) is 7.21. The first-order valence-electron chi connectivity index (χ1n) is 9.28. The van der Waals surface area contributed by atoms with Crippen LogP contribution in [0, 0.1) is 5.92 Å². The van der Waals surface area contributed by atoms with Gasteiger partial charge < -0.3 is 4.74 Å². The van der Waals surface area contributed by atoms with E-state index in [9.17, 15) is 4.79 Å². The van der Waals surface area contributed by atoms with Crippen molar-refractivity contribution in [2.75, 3.05) is 0 Å². The molecule has 1 aliphatic heterocycles. The van der Waals surface area contributed by atoms with Gasteiger partial charge in [0.2, 0.25) is 5.91 Å². The van der Waals surface area contributed by atoms with Gasteiger partial charge in [0.05, 0.1) is 25.2 Å². The van der Waals surface area contributed by atoms with Gasteiger partial charge in [0.15, 0.2) is 0 Å². The van der Waals surface area contributed by atoms with E-state index in [1.165, 1.54) is 0 Å². The van der Waals surface area contributed by atoms with Crippen LogP contribution in [0.3, 0.4) is 0 Å². The van der Waals surface area contributed by atoms with Gasteiger partial charge in [-0.05, 0) is 23.5 Å². The van der Waals surface area contributed by atoms with E-state index in [1.54, 1.807) is 5.06 Å². The Hall–Kier alpha value is -2.17. The van der Waals surface area contributed by atoms with Gasteiger partial charge in [-0.2, -0.15) is 0 Å². The van der Waals surface area contributed by atoms with Crippen molar-refractivity contribution < 1.29 is 14.4 Å². The maximum atomic E-state index is 12.5. The Bertz CT molecular complexity index is 687. The second-order valence-corrected chi connectivity index (χ2v) is 7.21. The largest absolute Gasteiger partial charge is 0.371 e. The Kier molecular flexibility index (Phi) is 6.42. The molecule has 1 fully saturated rings. The van der Waals surface area contributed by atoms with Crippen molar-refractivity contribution in [3.63, 3.8) is 0 Å². The molecule has 1 aliphatic rings. The van der Waals surface area contributed by atoms with Gasteiger partial charge in [-0.25, -0.2) is 5.06 Å². The number of rotatable bonds is 8. The van der Waals surface area contributed by atoms with Crippen LogP contribution in [0.4, 0.5) is 0 Å². The summed E-state index contributed by atoms with van der Waals surface area (Å²) in [6, 6.07) is 19.9. The van der Waals surface area contributed by atoms with Crippen molar-refractivity contribution in [3.05, 3.63) is 71.8 Å². The van der Waals surface area contributed by atoms with Gasteiger partial charge in [-0.1, -0.05) is 74.5 Å². The topological polar surface area (TPSA) is 38.8 Å². The van der Waals surface area contributed by atoms with Gasteiger partial charge >= 0.3 is 0 Å². The van der Waals surface area contributed by atoms with Crippen LogP contribution in [0.2, 0.25) is 0 Å². The van der Waals surface area contributed by atoms with Crippen molar-refractivity contribution in [2.45, 2.75) is 52.0 Å². The first-order chi connectivity index (χ1) is 12.6. The van der Waals surface area contributed by atoms with Gasteiger partial charge in [0.1, 0.15) is 6.61 Å². The van der Waals surface area contributed by atoms with E-state index in [0.717, 1.165) is 17.5 Å². The molecule has 0 bridgehead atoms. The van der Waals surface area contributed by atoms with Crippen LogP contribution in [-0.2, 0) is 27.6 Å². The predicted molar refractivity (Wildman–Crippen MR) is 101 cm³/mol. The normalized spacial score (nSPS) is 20.1. The molecule has 4 heteroatoms. The summed E-state index contributed by atoms with van der Waals surface area (Å²) >= 11 is 0. The first kappa shape index (κ1) is 18.6. The molecule has 0 spiro atoms. The zero-order valence-electron chi connectivity index (χ0n) is 15.5. The number of benzene rings is 2. The number of hydrogen-bond donors (Lipinski definition) is 0. The third-order valence-corrected chi connectivity index (χ3v) is 4.58. The van der Waals surface area contributed by atoms with E-state index < -0.39 is 0 Å². The fourth-order valence-electron chi connectivity index (χ4n) is 3.30. The summed E-state index contributed by atoms with van der Waals surface area (Å²) in [5.74, 6) is 0.459. The van der Waals surface area contributed by atoms with Crippen molar-refractivity contribution in [2.24, 2.45) is 5.92 Å². The number of hydroxylamine groups is 2. The maximum Gasteiger partial charge on any atom is 0.249 e. The highest BCUT2D eigenvalue weighted by Crippen LogP contribution is 2.29. The van der Waals surface area contributed by atoms with Crippen molar-refractivity contribution in [1.82, 2.24) is 5.06 Å². The lowest BCUT2D eigenvalue weighted by atomic mass is 10.0. The number of nitrogens with zero attached hydrogens (tertiary/aromatic N) is 1. The van der Waals surface area contributed by atoms with Crippen LogP contribution < -0.4 is 0 Å². The number of ether oxygens (including phenoxy) is 1. The second kappa shape index (κ2) is 8.97. The third-order valence-electron chi connectivity index (χ3n) is 4.58. The van der Waals surface area contributed by atoms with Crippen molar-refractivity contribution in [3.8, 4) is 0 Å². The SMILES string of the molecule is CC(C)C[C@@H]1[C@@H](OCc2ccccc2)CC(=O)N1OCc1ccccc1. The predicted octanol–water partition coefficient (Wildman–Crippen LogP) is 4.35. The Morgan fingerprint density at radius 3 is 2.12 bits per heavy atom. The molecule has 0 unspecified atom stereocenters. The molecule has 1 saturated heterocycles. The van der Waals surface area contributed by atoms with Crippen LogP contribution >= 0.6 is 0 Å². The molecular weight excluding hydrogens is 326 g/mol. The van der Waals surface area contributed by atoms with Gasteiger partial charge in [0, 0.05) is 0 Å². The molecule has 138 valence electrons. The lowest BCUT2D eigenvalue weighted by molar-refractivity contribution is -0.202. The van der Waals surface area contributed by atoms with Crippen LogP contribution in [0.25, 0.3) is 0 Å². The minimum absolute atomic E-state index is 0.00430. The molecule has 1 heterocycles. The van der Waals surface area contributed by atoms with E-state index >= 15 is 0 Å². The standard InChI is InChI=1S/C22H27NO3/c1-17(2)13-20-21(25-15-18-9-5-3-6-10-18)14-22(24)23(20)26-16-19-11-7-4-8-12-19/h3-12,17,20-21H,13-16H2,1-2H3/t20-,21+/m1/s1. The summed E-state index contributed by atoms with van der Waals surface area (Å²) in [7, 11) is 0. The number of carbonyl (C=O) groups is 1. The monoisotopic (exact) mass is 353 g/mol. The lowest BCUT2D eigenvalue weighted by Crippen LogP contribution is -2.38. The zero-order valence-corrected chi connectivity index (χ0v) is 15.5. The van der Waals surface area contributed by atoms with Gasteiger partial charge in [-0.15, -0.1) is 0 Å². The molecule has 4 nitrogen and oxygen atoms in total. The summed E-state index contributed by atoms with van der Waals surface area (Å²) in [4.78, 5) is 18.4. The zero-order chi connectivity index (χ0) is 18.4. The van der Waals surface area contributed by atoms with Crippen molar-refractivity contribution >= 4 is 5.91 Å². The third kappa shape index (κ3) is 4.93. The van der Waals surface area contributed by atoms with E-state index in [1.807, 2.05) is 60.7 Å². The minimum Gasteiger partial charge on any atom is -0.371 e. The molecular formula is C22H27NO3. The quantitative estimate of drug-likeness (QED) is 0.708. The molecule has 26 heavy (non-hydrogen) atoms. The molecule has 0 radical (unpaired) electrons. The van der Waals surface area contributed by atoms with Crippen LogP contribution in [0.15, 0.2) is 60.7 Å². The average molecular weight is 353 g/mol. The first-order valence-corrected chi connectivity index (χ1v) is 9.28. The summed E-state index contributed by atoms with van der Waals surface area (Å²) in [6.07, 6.45) is 1.10. The summed E-state index contributed by atoms with van der Waals surface area (Å²) in [5, 5.41) is 1.56. The van der Waals surface area contributed by atoms with E-state index in [2.05, 4.69) is 13.8 Å². The summed E-state index contributed by atoms with van der Waals surface area (Å²) in [6.45, 7) is 5.23. The van der Waals surface area contributed by atoms with Crippen LogP contribution in [0.1, 0.15) is 37.8 Å². The van der Waals surface area contributed by atoms with Crippen molar-refractivity contribution in [1.29, 1.82) is 0 Å². The Morgan fingerprint density at radius 1 is 0.962 bits per heavy atom. The Labute approximate surface area is 155 Å². The molecule has 2 aromatic carbocycles. The highest BCUT2D eigenvalue weighted by atomic mass is 16.7. The molecule has 0 aromatic heterocycles. The summed E-state index contributed by atoms with van der Waals surface area (Å²) < 4.78 is 6.11. The number of carbonyl (C=O) groups excluding carboxylic acids is 1. The molecule has 3 rings (SSSR count). The summed E-state index contributed by atoms with van der Waals surface area (Å²) in [5.41, 5.74) is 2.17. The average Bonchev–Trinajstić information content (AvgIpc) is 2.94. The maximum absolute atomic E-state index is 12.5. The molecule has 2 atom stereocenters.